The van der Waals surface area contributed by atoms with Gasteiger partial charge in [0.15, 0.2) is 0 Å². The van der Waals surface area contributed by atoms with E-state index in [-0.39, 0.29) is 5.25 Å². The van der Waals surface area contributed by atoms with Crippen LogP contribution in [0.15, 0.2) is 0 Å². The molecule has 1 saturated heterocycles. The maximum Gasteiger partial charge on any atom is 0.216 e. The highest BCUT2D eigenvalue weighted by molar-refractivity contribution is 7.89. The molecule has 0 aromatic heterocycles. The number of hydrogen-bond acceptors (Lipinski definition) is 4. The lowest BCUT2D eigenvalue weighted by Gasteiger charge is -2.27. The number of aliphatic hydroxyl groups excluding tert-OH is 1. The van der Waals surface area contributed by atoms with Crippen LogP contribution in [0, 0.1) is 0 Å². The van der Waals surface area contributed by atoms with Gasteiger partial charge in [-0.2, -0.15) is 0 Å². The van der Waals surface area contributed by atoms with E-state index in [0.29, 0.717) is 25.8 Å². The minimum atomic E-state index is -3.18. The van der Waals surface area contributed by atoms with Gasteiger partial charge in [-0.05, 0) is 39.3 Å². The summed E-state index contributed by atoms with van der Waals surface area (Å²) >= 11 is 0. The van der Waals surface area contributed by atoms with Crippen molar-refractivity contribution >= 4 is 10.0 Å². The monoisotopic (exact) mass is 250 g/mol. The van der Waals surface area contributed by atoms with E-state index in [0.717, 1.165) is 13.1 Å². The Labute approximate surface area is 97.9 Å². The molecule has 0 saturated carbocycles. The van der Waals surface area contributed by atoms with Gasteiger partial charge in [0.2, 0.25) is 10.0 Å². The molecule has 5 nitrogen and oxygen atoms in total. The summed E-state index contributed by atoms with van der Waals surface area (Å²) in [6, 6.07) is 0. The van der Waals surface area contributed by atoms with Crippen LogP contribution in [0.3, 0.4) is 0 Å². The fraction of sp³-hybridized carbons (Fsp3) is 1.00. The number of piperidine rings is 1. The second kappa shape index (κ2) is 5.95. The number of hydrogen-bond donors (Lipinski definition) is 2. The van der Waals surface area contributed by atoms with E-state index < -0.39 is 16.1 Å². The Morgan fingerprint density at radius 2 is 2.00 bits per heavy atom. The highest BCUT2D eigenvalue weighted by Crippen LogP contribution is 2.17. The number of nitrogens with one attached hydrogen (secondary N) is 1. The molecule has 2 N–H and O–H groups in total. The van der Waals surface area contributed by atoms with Crippen molar-refractivity contribution in [2.45, 2.75) is 37.5 Å². The van der Waals surface area contributed by atoms with Gasteiger partial charge in [-0.25, -0.2) is 12.7 Å². The van der Waals surface area contributed by atoms with Crippen LogP contribution in [0.5, 0.6) is 0 Å². The molecule has 96 valence electrons. The summed E-state index contributed by atoms with van der Waals surface area (Å²) < 4.78 is 25.6. The van der Waals surface area contributed by atoms with Gasteiger partial charge in [0.25, 0.3) is 0 Å². The molecule has 1 rings (SSSR count). The van der Waals surface area contributed by atoms with E-state index in [4.69, 9.17) is 5.11 Å². The van der Waals surface area contributed by atoms with E-state index in [1.54, 1.807) is 14.0 Å². The van der Waals surface area contributed by atoms with Crippen LogP contribution >= 0.6 is 0 Å². The number of sulfonamides is 1. The van der Waals surface area contributed by atoms with Crippen LogP contribution in [-0.2, 0) is 10.0 Å². The molecule has 1 atom stereocenters. The van der Waals surface area contributed by atoms with E-state index in [1.165, 1.54) is 4.31 Å². The largest absolute Gasteiger partial charge is 0.393 e. The standard InChI is InChI=1S/C10H22N2O3S/c1-9(13)5-8-12(2)16(14,15)10-3-6-11-7-4-10/h9-11,13H,3-8H2,1-2H3. The van der Waals surface area contributed by atoms with E-state index in [2.05, 4.69) is 5.32 Å². The summed E-state index contributed by atoms with van der Waals surface area (Å²) in [5.41, 5.74) is 0. The van der Waals surface area contributed by atoms with Crippen molar-refractivity contribution in [2.24, 2.45) is 0 Å². The summed E-state index contributed by atoms with van der Waals surface area (Å²) in [6.45, 7) is 3.61. The van der Waals surface area contributed by atoms with Crippen LogP contribution in [-0.4, -0.2) is 55.9 Å². The molecule has 6 heteroatoms. The quantitative estimate of drug-likeness (QED) is 0.707. The third-order valence-electron chi connectivity index (χ3n) is 3.00. The van der Waals surface area contributed by atoms with Gasteiger partial charge >= 0.3 is 0 Å². The van der Waals surface area contributed by atoms with Gasteiger partial charge in [-0.1, -0.05) is 0 Å². The highest BCUT2D eigenvalue weighted by Gasteiger charge is 2.30. The Morgan fingerprint density at radius 1 is 1.44 bits per heavy atom. The molecule has 0 spiro atoms. The van der Waals surface area contributed by atoms with Gasteiger partial charge in [0.05, 0.1) is 11.4 Å². The Morgan fingerprint density at radius 3 is 2.50 bits per heavy atom. The summed E-state index contributed by atoms with van der Waals surface area (Å²) in [6.07, 6.45) is 1.40. The number of aliphatic hydroxyl groups is 1. The third-order valence-corrected chi connectivity index (χ3v) is 5.37. The second-order valence-electron chi connectivity index (χ2n) is 4.45. The first-order valence-corrected chi connectivity index (χ1v) is 7.29. The minimum absolute atomic E-state index is 0.257. The lowest BCUT2D eigenvalue weighted by Crippen LogP contribution is -2.43. The average molecular weight is 250 g/mol. The molecule has 0 bridgehead atoms. The Bertz CT molecular complexity index is 297. The number of nitrogens with zero attached hydrogens (tertiary/aromatic N) is 1. The SMILES string of the molecule is CC(O)CCN(C)S(=O)(=O)C1CCNCC1. The van der Waals surface area contributed by atoms with E-state index in [1.807, 2.05) is 0 Å². The van der Waals surface area contributed by atoms with E-state index >= 15 is 0 Å². The van der Waals surface area contributed by atoms with Crippen molar-refractivity contribution in [3.63, 3.8) is 0 Å². The third kappa shape index (κ3) is 3.69. The zero-order valence-electron chi connectivity index (χ0n) is 10.0. The molecule has 1 unspecified atom stereocenters. The van der Waals surface area contributed by atoms with Crippen molar-refractivity contribution in [3.8, 4) is 0 Å². The van der Waals surface area contributed by atoms with Crippen molar-refractivity contribution in [3.05, 3.63) is 0 Å². The van der Waals surface area contributed by atoms with Gasteiger partial charge in [0, 0.05) is 13.6 Å². The fourth-order valence-corrected chi connectivity index (χ4v) is 3.54. The molecule has 1 aliphatic heterocycles. The molecule has 1 fully saturated rings. The normalized spacial score (nSPS) is 21.2. The van der Waals surface area contributed by atoms with Crippen LogP contribution in [0.25, 0.3) is 0 Å². The zero-order chi connectivity index (χ0) is 12.2. The smallest absolute Gasteiger partial charge is 0.216 e. The van der Waals surface area contributed by atoms with Crippen LogP contribution < -0.4 is 5.32 Å². The van der Waals surface area contributed by atoms with Crippen LogP contribution in [0.2, 0.25) is 0 Å². The highest BCUT2D eigenvalue weighted by atomic mass is 32.2. The summed E-state index contributed by atoms with van der Waals surface area (Å²) in [5.74, 6) is 0. The van der Waals surface area contributed by atoms with Crippen LogP contribution in [0.1, 0.15) is 26.2 Å². The van der Waals surface area contributed by atoms with Crippen molar-refractivity contribution in [2.75, 3.05) is 26.7 Å². The van der Waals surface area contributed by atoms with Crippen molar-refractivity contribution in [1.82, 2.24) is 9.62 Å². The van der Waals surface area contributed by atoms with Crippen LogP contribution in [0.4, 0.5) is 0 Å². The molecular formula is C10H22N2O3S. The van der Waals surface area contributed by atoms with Crippen molar-refractivity contribution < 1.29 is 13.5 Å². The predicted molar refractivity (Wildman–Crippen MR) is 63.7 cm³/mol. The molecule has 1 aliphatic rings. The summed E-state index contributed by atoms with van der Waals surface area (Å²) in [5, 5.41) is 12.0. The van der Waals surface area contributed by atoms with Crippen molar-refractivity contribution in [1.29, 1.82) is 0 Å². The first kappa shape index (κ1) is 13.9. The molecule has 16 heavy (non-hydrogen) atoms. The van der Waals surface area contributed by atoms with E-state index in [9.17, 15) is 8.42 Å². The maximum absolute atomic E-state index is 12.1. The number of rotatable bonds is 5. The molecule has 0 amide bonds. The van der Waals surface area contributed by atoms with Gasteiger partial charge < -0.3 is 10.4 Å². The molecule has 0 radical (unpaired) electrons. The molecular weight excluding hydrogens is 228 g/mol. The summed E-state index contributed by atoms with van der Waals surface area (Å²) in [7, 11) is -1.58. The summed E-state index contributed by atoms with van der Waals surface area (Å²) in [4.78, 5) is 0. The second-order valence-corrected chi connectivity index (χ2v) is 6.77. The first-order chi connectivity index (χ1) is 7.44. The molecule has 0 aliphatic carbocycles. The molecule has 0 aromatic rings. The molecule has 1 heterocycles. The minimum Gasteiger partial charge on any atom is -0.393 e. The van der Waals surface area contributed by atoms with Gasteiger partial charge in [0.1, 0.15) is 0 Å². The van der Waals surface area contributed by atoms with Gasteiger partial charge in [-0.3, -0.25) is 0 Å². The topological polar surface area (TPSA) is 69.6 Å². The molecule has 0 aromatic carbocycles. The van der Waals surface area contributed by atoms with Gasteiger partial charge in [-0.15, -0.1) is 0 Å². The Kier molecular flexibility index (Phi) is 5.17. The lowest BCUT2D eigenvalue weighted by molar-refractivity contribution is 0.177. The lowest BCUT2D eigenvalue weighted by atomic mass is 10.2. The fourth-order valence-electron chi connectivity index (χ4n) is 1.84. The Balaban J connectivity index is 2.54. The Hall–Kier alpha value is -0.170. The predicted octanol–water partition coefficient (Wildman–Crippen LogP) is -0.229. The first-order valence-electron chi connectivity index (χ1n) is 5.78. The zero-order valence-corrected chi connectivity index (χ0v) is 10.8. The average Bonchev–Trinajstić information content (AvgIpc) is 2.27. The maximum atomic E-state index is 12.1.